The zero-order valence-electron chi connectivity index (χ0n) is 11.2. The van der Waals surface area contributed by atoms with Gasteiger partial charge in [-0.1, -0.05) is 18.2 Å². The van der Waals surface area contributed by atoms with Gasteiger partial charge in [-0.2, -0.15) is 0 Å². The first-order chi connectivity index (χ1) is 9.16. The molecule has 1 aliphatic carbocycles. The van der Waals surface area contributed by atoms with Crippen LogP contribution in [0.15, 0.2) is 24.3 Å². The number of likely N-dealkylation sites (N-methyl/N-ethyl adjacent to an activating group) is 1. The van der Waals surface area contributed by atoms with Gasteiger partial charge < -0.3 is 9.80 Å². The minimum atomic E-state index is -0.179. The molecule has 19 heavy (non-hydrogen) atoms. The summed E-state index contributed by atoms with van der Waals surface area (Å²) in [7, 11) is 2.07. The fourth-order valence-corrected chi connectivity index (χ4v) is 2.85. The first kappa shape index (κ1) is 12.6. The fraction of sp³-hybridized carbons (Fsp3) is 0.533. The monoisotopic (exact) mass is 262 g/mol. The number of benzene rings is 1. The van der Waals surface area contributed by atoms with Gasteiger partial charge in [0.25, 0.3) is 0 Å². The van der Waals surface area contributed by atoms with Crippen molar-refractivity contribution in [2.45, 2.75) is 12.3 Å². The van der Waals surface area contributed by atoms with Crippen LogP contribution in [0.25, 0.3) is 0 Å². The highest BCUT2D eigenvalue weighted by atomic mass is 19.1. The lowest BCUT2D eigenvalue weighted by Gasteiger charge is -2.32. The number of rotatable bonds is 2. The van der Waals surface area contributed by atoms with Gasteiger partial charge in [0, 0.05) is 32.1 Å². The van der Waals surface area contributed by atoms with Crippen LogP contribution >= 0.6 is 0 Å². The maximum absolute atomic E-state index is 13.7. The third-order valence-electron chi connectivity index (χ3n) is 4.23. The van der Waals surface area contributed by atoms with E-state index < -0.39 is 0 Å². The Bertz CT molecular complexity index is 483. The average molecular weight is 262 g/mol. The molecule has 1 saturated heterocycles. The Morgan fingerprint density at radius 2 is 1.89 bits per heavy atom. The molecule has 0 radical (unpaired) electrons. The molecular formula is C15H19FN2O. The maximum atomic E-state index is 13.7. The van der Waals surface area contributed by atoms with Gasteiger partial charge in [0.15, 0.2) is 0 Å². The molecule has 0 bridgehead atoms. The van der Waals surface area contributed by atoms with Crippen molar-refractivity contribution >= 4 is 5.91 Å². The Morgan fingerprint density at radius 1 is 1.21 bits per heavy atom. The number of hydrogen-bond acceptors (Lipinski definition) is 2. The molecule has 2 unspecified atom stereocenters. The summed E-state index contributed by atoms with van der Waals surface area (Å²) in [6, 6.07) is 6.81. The minimum Gasteiger partial charge on any atom is -0.340 e. The Hall–Kier alpha value is -1.42. The van der Waals surface area contributed by atoms with Crippen molar-refractivity contribution in [2.75, 3.05) is 33.2 Å². The smallest absolute Gasteiger partial charge is 0.226 e. The highest BCUT2D eigenvalue weighted by molar-refractivity contribution is 5.83. The summed E-state index contributed by atoms with van der Waals surface area (Å²) in [5, 5.41) is 0. The van der Waals surface area contributed by atoms with Crippen molar-refractivity contribution in [3.63, 3.8) is 0 Å². The van der Waals surface area contributed by atoms with Gasteiger partial charge in [0.1, 0.15) is 5.82 Å². The van der Waals surface area contributed by atoms with E-state index in [1.54, 1.807) is 12.1 Å². The molecule has 2 aliphatic rings. The molecular weight excluding hydrogens is 243 g/mol. The van der Waals surface area contributed by atoms with E-state index in [9.17, 15) is 9.18 Å². The predicted molar refractivity (Wildman–Crippen MR) is 71.3 cm³/mol. The second kappa shape index (κ2) is 4.93. The van der Waals surface area contributed by atoms with Crippen LogP contribution in [0.5, 0.6) is 0 Å². The largest absolute Gasteiger partial charge is 0.340 e. The third-order valence-corrected chi connectivity index (χ3v) is 4.23. The minimum absolute atomic E-state index is 0.000283. The average Bonchev–Trinajstić information content (AvgIpc) is 3.19. The van der Waals surface area contributed by atoms with Gasteiger partial charge in [0.2, 0.25) is 5.91 Å². The number of halogens is 1. The van der Waals surface area contributed by atoms with Crippen LogP contribution in [0.1, 0.15) is 17.9 Å². The molecule has 102 valence electrons. The molecule has 1 heterocycles. The van der Waals surface area contributed by atoms with Crippen molar-refractivity contribution < 1.29 is 9.18 Å². The van der Waals surface area contributed by atoms with E-state index in [0.29, 0.717) is 5.56 Å². The summed E-state index contributed by atoms with van der Waals surface area (Å²) in [5.74, 6) is 0.121. The van der Waals surface area contributed by atoms with Gasteiger partial charge in [-0.15, -0.1) is 0 Å². The molecule has 1 aromatic rings. The number of carbonyl (C=O) groups excluding carboxylic acids is 1. The second-order valence-electron chi connectivity index (χ2n) is 5.60. The summed E-state index contributed by atoms with van der Waals surface area (Å²) >= 11 is 0. The first-order valence-corrected chi connectivity index (χ1v) is 6.88. The lowest BCUT2D eigenvalue weighted by atomic mass is 10.1. The molecule has 1 aromatic carbocycles. The van der Waals surface area contributed by atoms with E-state index in [1.165, 1.54) is 6.07 Å². The number of hydrogen-bond donors (Lipinski definition) is 0. The highest BCUT2D eigenvalue weighted by Gasteiger charge is 2.46. The quantitative estimate of drug-likeness (QED) is 0.810. The topological polar surface area (TPSA) is 23.6 Å². The molecule has 2 atom stereocenters. The van der Waals surface area contributed by atoms with Crippen LogP contribution in [0.2, 0.25) is 0 Å². The van der Waals surface area contributed by atoms with Crippen molar-refractivity contribution in [2.24, 2.45) is 5.92 Å². The van der Waals surface area contributed by atoms with Crippen molar-refractivity contribution in [3.8, 4) is 0 Å². The van der Waals surface area contributed by atoms with Crippen LogP contribution in [0, 0.1) is 11.7 Å². The molecule has 0 N–H and O–H groups in total. The molecule has 0 aromatic heterocycles. The maximum Gasteiger partial charge on any atom is 0.226 e. The number of nitrogens with zero attached hydrogens (tertiary/aromatic N) is 2. The van der Waals surface area contributed by atoms with E-state index in [2.05, 4.69) is 11.9 Å². The van der Waals surface area contributed by atoms with Crippen LogP contribution < -0.4 is 0 Å². The van der Waals surface area contributed by atoms with Gasteiger partial charge in [-0.3, -0.25) is 4.79 Å². The first-order valence-electron chi connectivity index (χ1n) is 6.88. The predicted octanol–water partition coefficient (Wildman–Crippen LogP) is 1.70. The van der Waals surface area contributed by atoms with E-state index in [-0.39, 0.29) is 23.6 Å². The molecule has 1 aliphatic heterocycles. The summed E-state index contributed by atoms with van der Waals surface area (Å²) in [6.45, 7) is 3.47. The summed E-state index contributed by atoms with van der Waals surface area (Å²) < 4.78 is 13.7. The van der Waals surface area contributed by atoms with Gasteiger partial charge >= 0.3 is 0 Å². The van der Waals surface area contributed by atoms with Crippen LogP contribution in [0.3, 0.4) is 0 Å². The van der Waals surface area contributed by atoms with Crippen LogP contribution in [0.4, 0.5) is 4.39 Å². The van der Waals surface area contributed by atoms with E-state index in [4.69, 9.17) is 0 Å². The summed E-state index contributed by atoms with van der Waals surface area (Å²) in [5.41, 5.74) is 0.704. The Morgan fingerprint density at radius 3 is 2.58 bits per heavy atom. The summed E-state index contributed by atoms with van der Waals surface area (Å²) in [4.78, 5) is 16.5. The molecule has 1 amide bonds. The Kier molecular flexibility index (Phi) is 3.27. The Labute approximate surface area is 113 Å². The summed E-state index contributed by atoms with van der Waals surface area (Å²) in [6.07, 6.45) is 0.798. The number of carbonyl (C=O) groups is 1. The van der Waals surface area contributed by atoms with E-state index in [1.807, 2.05) is 11.0 Å². The highest BCUT2D eigenvalue weighted by Crippen LogP contribution is 2.49. The van der Waals surface area contributed by atoms with Crippen LogP contribution in [-0.4, -0.2) is 48.9 Å². The Balaban J connectivity index is 1.63. The molecule has 3 rings (SSSR count). The number of amides is 1. The standard InChI is InChI=1S/C15H19FN2O/c1-17-6-8-18(9-7-17)15(19)13-10-12(13)11-4-2-3-5-14(11)16/h2-5,12-13H,6-10H2,1H3. The van der Waals surface area contributed by atoms with Gasteiger partial charge in [-0.25, -0.2) is 4.39 Å². The third kappa shape index (κ3) is 2.50. The molecule has 4 heteroatoms. The SMILES string of the molecule is CN1CCN(C(=O)C2CC2c2ccccc2F)CC1. The molecule has 2 fully saturated rings. The van der Waals surface area contributed by atoms with Gasteiger partial charge in [-0.05, 0) is 31.0 Å². The zero-order chi connectivity index (χ0) is 13.4. The normalized spacial score (nSPS) is 27.4. The number of piperazine rings is 1. The van der Waals surface area contributed by atoms with Crippen molar-refractivity contribution in [1.29, 1.82) is 0 Å². The lowest BCUT2D eigenvalue weighted by molar-refractivity contribution is -0.134. The van der Waals surface area contributed by atoms with Crippen molar-refractivity contribution in [1.82, 2.24) is 9.80 Å². The van der Waals surface area contributed by atoms with Gasteiger partial charge in [0.05, 0.1) is 0 Å². The van der Waals surface area contributed by atoms with Crippen molar-refractivity contribution in [3.05, 3.63) is 35.6 Å². The van der Waals surface area contributed by atoms with E-state index >= 15 is 0 Å². The zero-order valence-corrected chi connectivity index (χ0v) is 11.2. The lowest BCUT2D eigenvalue weighted by Crippen LogP contribution is -2.47. The fourth-order valence-electron chi connectivity index (χ4n) is 2.85. The second-order valence-corrected chi connectivity index (χ2v) is 5.60. The molecule has 1 saturated carbocycles. The van der Waals surface area contributed by atoms with Crippen LogP contribution in [-0.2, 0) is 4.79 Å². The van der Waals surface area contributed by atoms with E-state index in [0.717, 1.165) is 32.6 Å². The molecule has 0 spiro atoms. The molecule has 3 nitrogen and oxygen atoms in total.